The molecule has 0 aliphatic carbocycles. The van der Waals surface area contributed by atoms with Gasteiger partial charge in [-0.1, -0.05) is 6.08 Å². The van der Waals surface area contributed by atoms with Crippen LogP contribution in [0.25, 0.3) is 0 Å². The van der Waals surface area contributed by atoms with E-state index in [9.17, 15) is 4.79 Å². The van der Waals surface area contributed by atoms with Gasteiger partial charge in [-0.15, -0.1) is 6.58 Å². The molecule has 0 spiro atoms. The molecule has 1 heterocycles. The van der Waals surface area contributed by atoms with E-state index in [1.807, 2.05) is 13.8 Å². The van der Waals surface area contributed by atoms with Crippen LogP contribution in [-0.2, 0) is 14.3 Å². The van der Waals surface area contributed by atoms with E-state index < -0.39 is 6.10 Å². The van der Waals surface area contributed by atoms with Crippen LogP contribution in [-0.4, -0.2) is 50.0 Å². The standard InChI is InChI=1S/C13H24N2O3/c1-5-6-15-12(16)10(2)17-8-11-7-14-9-13(3,4)18-11/h5,10-11,14H,1,6-9H2,2-4H3,(H,15,16). The smallest absolute Gasteiger partial charge is 0.249 e. The van der Waals surface area contributed by atoms with Gasteiger partial charge in [-0.05, 0) is 20.8 Å². The van der Waals surface area contributed by atoms with Gasteiger partial charge in [0.15, 0.2) is 0 Å². The summed E-state index contributed by atoms with van der Waals surface area (Å²) >= 11 is 0. The summed E-state index contributed by atoms with van der Waals surface area (Å²) in [4.78, 5) is 11.6. The second-order valence-electron chi connectivity index (χ2n) is 5.14. The molecule has 0 bridgehead atoms. The summed E-state index contributed by atoms with van der Waals surface area (Å²) in [5.74, 6) is -0.127. The molecule has 1 amide bonds. The predicted molar refractivity (Wildman–Crippen MR) is 70.4 cm³/mol. The highest BCUT2D eigenvalue weighted by Crippen LogP contribution is 2.15. The Morgan fingerprint density at radius 1 is 1.72 bits per heavy atom. The van der Waals surface area contributed by atoms with E-state index in [0.717, 1.165) is 13.1 Å². The number of nitrogens with one attached hydrogen (secondary N) is 2. The van der Waals surface area contributed by atoms with Crippen LogP contribution in [0.2, 0.25) is 0 Å². The maximum atomic E-state index is 11.6. The minimum Gasteiger partial charge on any atom is -0.367 e. The molecule has 2 atom stereocenters. The summed E-state index contributed by atoms with van der Waals surface area (Å²) in [5, 5.41) is 5.99. The fraction of sp³-hybridized carbons (Fsp3) is 0.769. The molecule has 1 saturated heterocycles. The number of carbonyl (C=O) groups is 1. The third-order valence-electron chi connectivity index (χ3n) is 2.73. The van der Waals surface area contributed by atoms with Gasteiger partial charge in [0.1, 0.15) is 6.10 Å². The molecule has 1 aliphatic rings. The zero-order chi connectivity index (χ0) is 13.6. The molecule has 0 aromatic heterocycles. The lowest BCUT2D eigenvalue weighted by Gasteiger charge is -2.36. The highest BCUT2D eigenvalue weighted by molar-refractivity contribution is 5.80. The number of rotatable bonds is 6. The molecule has 1 aliphatic heterocycles. The molecule has 0 saturated carbocycles. The molecule has 104 valence electrons. The average molecular weight is 256 g/mol. The molecule has 0 aromatic carbocycles. The second-order valence-corrected chi connectivity index (χ2v) is 5.14. The molecule has 18 heavy (non-hydrogen) atoms. The van der Waals surface area contributed by atoms with E-state index in [2.05, 4.69) is 17.2 Å². The Morgan fingerprint density at radius 2 is 2.44 bits per heavy atom. The van der Waals surface area contributed by atoms with Gasteiger partial charge < -0.3 is 20.1 Å². The lowest BCUT2D eigenvalue weighted by molar-refractivity contribution is -0.144. The largest absolute Gasteiger partial charge is 0.367 e. The van der Waals surface area contributed by atoms with E-state index in [1.165, 1.54) is 0 Å². The van der Waals surface area contributed by atoms with Gasteiger partial charge in [-0.3, -0.25) is 4.79 Å². The topological polar surface area (TPSA) is 59.6 Å². The van der Waals surface area contributed by atoms with Crippen LogP contribution in [0.3, 0.4) is 0 Å². The fourth-order valence-corrected chi connectivity index (χ4v) is 1.81. The zero-order valence-electron chi connectivity index (χ0n) is 11.5. The van der Waals surface area contributed by atoms with Crippen LogP contribution in [0.5, 0.6) is 0 Å². The third kappa shape index (κ3) is 5.16. The number of carbonyl (C=O) groups excluding carboxylic acids is 1. The molecule has 5 nitrogen and oxygen atoms in total. The molecule has 5 heteroatoms. The van der Waals surface area contributed by atoms with Crippen molar-refractivity contribution in [3.8, 4) is 0 Å². The van der Waals surface area contributed by atoms with Crippen molar-refractivity contribution in [1.29, 1.82) is 0 Å². The zero-order valence-corrected chi connectivity index (χ0v) is 11.5. The van der Waals surface area contributed by atoms with Crippen molar-refractivity contribution in [2.24, 2.45) is 0 Å². The Morgan fingerprint density at radius 3 is 3.06 bits per heavy atom. The third-order valence-corrected chi connectivity index (χ3v) is 2.73. The predicted octanol–water partition coefficient (Wildman–Crippen LogP) is 0.461. The van der Waals surface area contributed by atoms with Crippen molar-refractivity contribution < 1.29 is 14.3 Å². The van der Waals surface area contributed by atoms with Crippen molar-refractivity contribution in [2.45, 2.75) is 38.6 Å². The first kappa shape index (κ1) is 15.1. The first-order chi connectivity index (χ1) is 8.44. The average Bonchev–Trinajstić information content (AvgIpc) is 2.31. The van der Waals surface area contributed by atoms with E-state index in [-0.39, 0.29) is 17.6 Å². The Balaban J connectivity index is 2.27. The Kier molecular flexibility index (Phi) is 5.78. The molecule has 0 aromatic rings. The van der Waals surface area contributed by atoms with Crippen molar-refractivity contribution in [2.75, 3.05) is 26.2 Å². The summed E-state index contributed by atoms with van der Waals surface area (Å²) in [7, 11) is 0. The van der Waals surface area contributed by atoms with Gasteiger partial charge in [0.05, 0.1) is 18.3 Å². The van der Waals surface area contributed by atoms with Gasteiger partial charge in [-0.2, -0.15) is 0 Å². The van der Waals surface area contributed by atoms with Crippen molar-refractivity contribution in [1.82, 2.24) is 10.6 Å². The summed E-state index contributed by atoms with van der Waals surface area (Å²) in [6, 6.07) is 0. The van der Waals surface area contributed by atoms with Crippen LogP contribution in [0.15, 0.2) is 12.7 Å². The monoisotopic (exact) mass is 256 g/mol. The lowest BCUT2D eigenvalue weighted by atomic mass is 10.1. The minimum absolute atomic E-state index is 0.0107. The van der Waals surface area contributed by atoms with Gasteiger partial charge >= 0.3 is 0 Å². The molecule has 2 N–H and O–H groups in total. The second kappa shape index (κ2) is 6.87. The van der Waals surface area contributed by atoms with E-state index in [1.54, 1.807) is 13.0 Å². The summed E-state index contributed by atoms with van der Waals surface area (Å²) in [6.45, 7) is 11.8. The molecular formula is C13H24N2O3. The summed E-state index contributed by atoms with van der Waals surface area (Å²) in [6.07, 6.45) is 1.16. The number of hydrogen-bond donors (Lipinski definition) is 2. The van der Waals surface area contributed by atoms with Crippen molar-refractivity contribution in [3.05, 3.63) is 12.7 Å². The molecule has 1 rings (SSSR count). The van der Waals surface area contributed by atoms with Crippen molar-refractivity contribution in [3.63, 3.8) is 0 Å². The molecule has 1 fully saturated rings. The number of amides is 1. The molecular weight excluding hydrogens is 232 g/mol. The number of morpholine rings is 1. The van der Waals surface area contributed by atoms with Gasteiger partial charge in [0, 0.05) is 19.6 Å². The maximum absolute atomic E-state index is 11.6. The first-order valence-corrected chi connectivity index (χ1v) is 6.33. The first-order valence-electron chi connectivity index (χ1n) is 6.33. The van der Waals surface area contributed by atoms with Gasteiger partial charge in [0.2, 0.25) is 5.91 Å². The van der Waals surface area contributed by atoms with E-state index in [4.69, 9.17) is 9.47 Å². The van der Waals surface area contributed by atoms with Gasteiger partial charge in [0.25, 0.3) is 0 Å². The Hall–Kier alpha value is -0.910. The highest BCUT2D eigenvalue weighted by atomic mass is 16.6. The summed E-state index contributed by atoms with van der Waals surface area (Å²) < 4.78 is 11.4. The van der Waals surface area contributed by atoms with Crippen LogP contribution < -0.4 is 10.6 Å². The highest BCUT2D eigenvalue weighted by Gasteiger charge is 2.29. The molecule has 2 unspecified atom stereocenters. The Bertz CT molecular complexity index is 292. The Labute approximate surface area is 109 Å². The van der Waals surface area contributed by atoms with E-state index >= 15 is 0 Å². The van der Waals surface area contributed by atoms with Crippen LogP contribution in [0, 0.1) is 0 Å². The minimum atomic E-state index is -0.474. The van der Waals surface area contributed by atoms with Crippen molar-refractivity contribution >= 4 is 5.91 Å². The van der Waals surface area contributed by atoms with Crippen LogP contribution in [0.4, 0.5) is 0 Å². The maximum Gasteiger partial charge on any atom is 0.249 e. The lowest BCUT2D eigenvalue weighted by Crippen LogP contribution is -2.52. The SMILES string of the molecule is C=CCNC(=O)C(C)OCC1CNCC(C)(C)O1. The fourth-order valence-electron chi connectivity index (χ4n) is 1.81. The van der Waals surface area contributed by atoms with Crippen LogP contribution >= 0.6 is 0 Å². The number of hydrogen-bond acceptors (Lipinski definition) is 4. The normalized spacial score (nSPS) is 24.3. The quantitative estimate of drug-likeness (QED) is 0.678. The summed E-state index contributed by atoms with van der Waals surface area (Å²) in [5.41, 5.74) is -0.180. The van der Waals surface area contributed by atoms with E-state index in [0.29, 0.717) is 13.2 Å². The van der Waals surface area contributed by atoms with Crippen LogP contribution in [0.1, 0.15) is 20.8 Å². The number of ether oxygens (including phenoxy) is 2. The molecule has 0 radical (unpaired) electrons. The van der Waals surface area contributed by atoms with Gasteiger partial charge in [-0.25, -0.2) is 0 Å².